The topological polar surface area (TPSA) is 33.6 Å². The summed E-state index contributed by atoms with van der Waals surface area (Å²) in [6.45, 7) is 12.0. The summed E-state index contributed by atoms with van der Waals surface area (Å²) in [6.07, 6.45) is 4.64. The molecule has 0 amide bonds. The van der Waals surface area contributed by atoms with Crippen LogP contribution in [0.25, 0.3) is 0 Å². The van der Waals surface area contributed by atoms with E-state index in [4.69, 9.17) is 4.74 Å². The molecule has 0 radical (unpaired) electrons. The zero-order valence-electron chi connectivity index (χ0n) is 14.6. The molecule has 0 spiro atoms. The second kappa shape index (κ2) is 8.78. The molecule has 3 nitrogen and oxygen atoms in total. The van der Waals surface area contributed by atoms with Crippen molar-refractivity contribution in [2.75, 3.05) is 6.61 Å². The van der Waals surface area contributed by atoms with Crippen LogP contribution in [-0.4, -0.2) is 18.9 Å². The first-order valence-electron chi connectivity index (χ1n) is 8.55. The lowest BCUT2D eigenvalue weighted by atomic mass is 9.99. The Kier molecular flexibility index (Phi) is 6.73. The number of hydrogen-bond donors (Lipinski definition) is 1. The average molecular weight is 330 g/mol. The minimum atomic E-state index is -0.674. The summed E-state index contributed by atoms with van der Waals surface area (Å²) in [4.78, 5) is 3.61. The summed E-state index contributed by atoms with van der Waals surface area (Å²) >= 11 is 0. The molecule has 24 heavy (non-hydrogen) atoms. The number of aliphatic imine (C=N–C) groups is 1. The van der Waals surface area contributed by atoms with Crippen molar-refractivity contribution in [1.82, 2.24) is 5.32 Å². The van der Waals surface area contributed by atoms with E-state index in [1.165, 1.54) is 11.8 Å². The smallest absolute Gasteiger partial charge is 0.205 e. The normalized spacial score (nSPS) is 21.8. The lowest BCUT2D eigenvalue weighted by Crippen LogP contribution is -2.29. The Balaban J connectivity index is 1.89. The van der Waals surface area contributed by atoms with Gasteiger partial charge in [-0.05, 0) is 68.9 Å². The molecule has 2 rings (SSSR count). The van der Waals surface area contributed by atoms with Crippen LogP contribution in [0.4, 0.5) is 4.39 Å². The lowest BCUT2D eigenvalue weighted by Gasteiger charge is -2.20. The highest BCUT2D eigenvalue weighted by Gasteiger charge is 2.27. The Morgan fingerprint density at radius 3 is 2.96 bits per heavy atom. The third-order valence-electron chi connectivity index (χ3n) is 4.48. The van der Waals surface area contributed by atoms with E-state index >= 15 is 0 Å². The van der Waals surface area contributed by atoms with Gasteiger partial charge in [-0.3, -0.25) is 0 Å². The van der Waals surface area contributed by atoms with Crippen LogP contribution < -0.4 is 10.1 Å². The first-order chi connectivity index (χ1) is 11.5. The van der Waals surface area contributed by atoms with Gasteiger partial charge in [0, 0.05) is 18.3 Å². The molecule has 0 aromatic heterocycles. The molecular formula is C20H27FN2O. The molecule has 1 aliphatic rings. The van der Waals surface area contributed by atoms with Crippen LogP contribution in [0.5, 0.6) is 5.75 Å². The van der Waals surface area contributed by atoms with Crippen LogP contribution in [-0.2, 0) is 0 Å². The summed E-state index contributed by atoms with van der Waals surface area (Å²) in [5.41, 5.74) is 2.10. The van der Waals surface area contributed by atoms with Crippen molar-refractivity contribution in [3.05, 3.63) is 54.5 Å². The Morgan fingerprint density at radius 2 is 2.25 bits per heavy atom. The number of ether oxygens (including phenoxy) is 1. The second-order valence-electron chi connectivity index (χ2n) is 6.31. The van der Waals surface area contributed by atoms with E-state index in [1.807, 2.05) is 19.1 Å². The maximum atomic E-state index is 12.6. The highest BCUT2D eigenvalue weighted by molar-refractivity contribution is 5.79. The standard InChI is InChI=1S/C20H27FN2O/c1-5-24-20-8-6-7-18(12-20)15(3)23-19-10-9-17(11-19)14(2)13-22-16(4)21/h6-8,12-13,15,17,19,23H,2,4-5,9-11H2,1,3H3/b22-13-/t15-,17-,19+/m1/s1. The summed E-state index contributed by atoms with van der Waals surface area (Å²) in [5, 5.41) is 3.68. The molecule has 130 valence electrons. The van der Waals surface area contributed by atoms with Crippen molar-refractivity contribution in [2.24, 2.45) is 10.9 Å². The van der Waals surface area contributed by atoms with Gasteiger partial charge in [0.2, 0.25) is 5.95 Å². The van der Waals surface area contributed by atoms with Gasteiger partial charge in [0.1, 0.15) is 5.75 Å². The predicted octanol–water partition coefficient (Wildman–Crippen LogP) is 4.97. The van der Waals surface area contributed by atoms with Gasteiger partial charge >= 0.3 is 0 Å². The van der Waals surface area contributed by atoms with Gasteiger partial charge in [0.05, 0.1) is 6.61 Å². The Bertz CT molecular complexity index is 611. The van der Waals surface area contributed by atoms with E-state index in [9.17, 15) is 4.39 Å². The van der Waals surface area contributed by atoms with Gasteiger partial charge in [-0.1, -0.05) is 18.7 Å². The molecule has 1 aliphatic carbocycles. The van der Waals surface area contributed by atoms with E-state index in [2.05, 4.69) is 42.5 Å². The Labute approximate surface area is 144 Å². The lowest BCUT2D eigenvalue weighted by molar-refractivity contribution is 0.339. The second-order valence-corrected chi connectivity index (χ2v) is 6.31. The molecule has 1 fully saturated rings. The van der Waals surface area contributed by atoms with Crippen molar-refractivity contribution in [2.45, 2.75) is 45.2 Å². The number of hydrogen-bond acceptors (Lipinski definition) is 3. The van der Waals surface area contributed by atoms with E-state index in [1.54, 1.807) is 0 Å². The zero-order valence-corrected chi connectivity index (χ0v) is 14.6. The van der Waals surface area contributed by atoms with Crippen LogP contribution >= 0.6 is 0 Å². The maximum absolute atomic E-state index is 12.6. The quantitative estimate of drug-likeness (QED) is 0.539. The summed E-state index contributed by atoms with van der Waals surface area (Å²) in [7, 11) is 0. The van der Waals surface area contributed by atoms with Gasteiger partial charge in [-0.2, -0.15) is 4.39 Å². The summed E-state index contributed by atoms with van der Waals surface area (Å²) in [5.74, 6) is 0.586. The molecule has 1 N–H and O–H groups in total. The van der Waals surface area contributed by atoms with Crippen LogP contribution in [0, 0.1) is 5.92 Å². The number of nitrogens with one attached hydrogen (secondary N) is 1. The minimum absolute atomic E-state index is 0.252. The first kappa shape index (κ1) is 18.4. The van der Waals surface area contributed by atoms with Gasteiger partial charge in [-0.25, -0.2) is 4.99 Å². The van der Waals surface area contributed by atoms with Crippen molar-refractivity contribution in [3.63, 3.8) is 0 Å². The van der Waals surface area contributed by atoms with Gasteiger partial charge in [-0.15, -0.1) is 0 Å². The minimum Gasteiger partial charge on any atom is -0.494 e. The third-order valence-corrected chi connectivity index (χ3v) is 4.48. The molecule has 0 unspecified atom stereocenters. The van der Waals surface area contributed by atoms with E-state index < -0.39 is 5.95 Å². The average Bonchev–Trinajstić information content (AvgIpc) is 3.01. The number of allylic oxidation sites excluding steroid dienone is 1. The fraction of sp³-hybridized carbons (Fsp3) is 0.450. The maximum Gasteiger partial charge on any atom is 0.205 e. The number of nitrogens with zero attached hydrogens (tertiary/aromatic N) is 1. The van der Waals surface area contributed by atoms with Crippen molar-refractivity contribution in [1.29, 1.82) is 0 Å². The van der Waals surface area contributed by atoms with Gasteiger partial charge in [0.15, 0.2) is 0 Å². The molecule has 0 heterocycles. The predicted molar refractivity (Wildman–Crippen MR) is 98.2 cm³/mol. The molecule has 1 aromatic carbocycles. The molecular weight excluding hydrogens is 303 g/mol. The van der Waals surface area contributed by atoms with Crippen molar-refractivity contribution in [3.8, 4) is 5.75 Å². The van der Waals surface area contributed by atoms with E-state index in [0.717, 1.165) is 30.6 Å². The highest BCUT2D eigenvalue weighted by Crippen LogP contribution is 2.32. The highest BCUT2D eigenvalue weighted by atomic mass is 19.1. The summed E-state index contributed by atoms with van der Waals surface area (Å²) in [6, 6.07) is 8.89. The van der Waals surface area contributed by atoms with E-state index in [0.29, 0.717) is 18.6 Å². The molecule has 1 aromatic rings. The molecule has 0 aliphatic heterocycles. The van der Waals surface area contributed by atoms with Crippen LogP contribution in [0.2, 0.25) is 0 Å². The molecule has 0 saturated heterocycles. The molecule has 0 bridgehead atoms. The third kappa shape index (κ3) is 5.31. The molecule has 3 atom stereocenters. The molecule has 4 heteroatoms. The SMILES string of the molecule is C=C(F)/N=C\C(=C)[C@@H]1CC[C@H](N[C@H](C)c2cccc(OCC)c2)C1. The van der Waals surface area contributed by atoms with Crippen molar-refractivity contribution < 1.29 is 9.13 Å². The number of rotatable bonds is 8. The Morgan fingerprint density at radius 1 is 1.46 bits per heavy atom. The van der Waals surface area contributed by atoms with Crippen LogP contribution in [0.1, 0.15) is 44.7 Å². The van der Waals surface area contributed by atoms with Crippen LogP contribution in [0.15, 0.2) is 53.9 Å². The first-order valence-corrected chi connectivity index (χ1v) is 8.55. The van der Waals surface area contributed by atoms with Gasteiger partial charge in [0.25, 0.3) is 0 Å². The fourth-order valence-electron chi connectivity index (χ4n) is 3.22. The molecule has 1 saturated carbocycles. The Hall–Kier alpha value is -1.94. The fourth-order valence-corrected chi connectivity index (χ4v) is 3.22. The summed E-state index contributed by atoms with van der Waals surface area (Å²) < 4.78 is 18.2. The van der Waals surface area contributed by atoms with Crippen molar-refractivity contribution >= 4 is 6.21 Å². The monoisotopic (exact) mass is 330 g/mol. The number of halogens is 1. The van der Waals surface area contributed by atoms with E-state index in [-0.39, 0.29) is 6.04 Å². The largest absolute Gasteiger partial charge is 0.494 e. The van der Waals surface area contributed by atoms with Crippen LogP contribution in [0.3, 0.4) is 0 Å². The zero-order chi connectivity index (χ0) is 17.5. The number of benzene rings is 1. The van der Waals surface area contributed by atoms with Gasteiger partial charge < -0.3 is 10.1 Å².